The Morgan fingerprint density at radius 1 is 1.07 bits per heavy atom. The maximum Gasteiger partial charge on any atom is 0.141 e. The summed E-state index contributed by atoms with van der Waals surface area (Å²) in [6, 6.07) is 15.8. The number of aromatic nitrogens is 4. The van der Waals surface area contributed by atoms with Crippen molar-refractivity contribution in [1.82, 2.24) is 24.9 Å². The van der Waals surface area contributed by atoms with Crippen molar-refractivity contribution in [2.24, 2.45) is 0 Å². The molecule has 3 aromatic carbocycles. The van der Waals surface area contributed by atoms with E-state index in [0.717, 1.165) is 31.5 Å². The van der Waals surface area contributed by atoms with E-state index < -0.39 is 11.9 Å². The van der Waals surface area contributed by atoms with Crippen LogP contribution < -0.4 is 10.6 Å². The second kappa shape index (κ2) is 12.8. The fourth-order valence-corrected chi connectivity index (χ4v) is 6.71. The quantitative estimate of drug-likeness (QED) is 0.172. The highest BCUT2D eigenvalue weighted by Gasteiger charge is 2.35. The van der Waals surface area contributed by atoms with Crippen molar-refractivity contribution >= 4 is 51.2 Å². The van der Waals surface area contributed by atoms with Gasteiger partial charge in [0.25, 0.3) is 0 Å². The predicted octanol–water partition coefficient (Wildman–Crippen LogP) is 8.66. The number of nitrogens with zero attached hydrogens (tertiary/aromatic N) is 6. The monoisotopic (exact) mass is 660 g/mol. The molecule has 2 N–H and O–H groups in total. The van der Waals surface area contributed by atoms with Crippen LogP contribution in [0.15, 0.2) is 67.0 Å². The Bertz CT molecular complexity index is 1940. The van der Waals surface area contributed by atoms with Gasteiger partial charge in [-0.1, -0.05) is 47.5 Å². The molecule has 0 saturated carbocycles. The van der Waals surface area contributed by atoms with E-state index in [1.807, 2.05) is 16.9 Å². The highest BCUT2D eigenvalue weighted by atomic mass is 35.5. The van der Waals surface area contributed by atoms with E-state index >= 15 is 0 Å². The minimum atomic E-state index is -0.555. The van der Waals surface area contributed by atoms with Gasteiger partial charge in [0.05, 0.1) is 45.1 Å². The average Bonchev–Trinajstić information content (AvgIpc) is 3.52. The lowest BCUT2D eigenvalue weighted by atomic mass is 9.87. The first-order valence-corrected chi connectivity index (χ1v) is 15.7. The topological polar surface area (TPSA) is 94.7 Å². The molecule has 46 heavy (non-hydrogen) atoms. The third-order valence-corrected chi connectivity index (χ3v) is 9.23. The van der Waals surface area contributed by atoms with E-state index in [1.165, 1.54) is 36.5 Å². The van der Waals surface area contributed by atoms with Crippen LogP contribution in [0.5, 0.6) is 0 Å². The summed E-state index contributed by atoms with van der Waals surface area (Å²) in [5, 5.41) is 26.6. The van der Waals surface area contributed by atoms with Gasteiger partial charge in [0.1, 0.15) is 23.4 Å². The maximum atomic E-state index is 14.0. The van der Waals surface area contributed by atoms with Gasteiger partial charge in [-0.2, -0.15) is 5.26 Å². The second-order valence-corrected chi connectivity index (χ2v) is 12.9. The summed E-state index contributed by atoms with van der Waals surface area (Å²) in [7, 11) is 0. The normalized spacial score (nSPS) is 17.0. The summed E-state index contributed by atoms with van der Waals surface area (Å²) >= 11 is 12.8. The predicted molar refractivity (Wildman–Crippen MR) is 178 cm³/mol. The summed E-state index contributed by atoms with van der Waals surface area (Å²) in [6.07, 6.45) is 5.27. The lowest BCUT2D eigenvalue weighted by molar-refractivity contribution is 0.0513. The van der Waals surface area contributed by atoms with Crippen molar-refractivity contribution < 1.29 is 8.78 Å². The van der Waals surface area contributed by atoms with Crippen LogP contribution in [-0.4, -0.2) is 43.5 Å². The highest BCUT2D eigenvalue weighted by Crippen LogP contribution is 2.38. The molecule has 236 valence electrons. The number of rotatable bonds is 8. The number of fused-ring (bicyclic) bond motifs is 1. The van der Waals surface area contributed by atoms with Crippen molar-refractivity contribution in [1.29, 1.82) is 5.26 Å². The fourth-order valence-electron chi connectivity index (χ4n) is 6.26. The Hall–Kier alpha value is -4.30. The van der Waals surface area contributed by atoms with Crippen LogP contribution in [0.25, 0.3) is 10.9 Å². The molecule has 2 unspecified atom stereocenters. The first kappa shape index (κ1) is 31.7. The molecule has 1 fully saturated rings. The molecule has 8 nitrogen and oxygen atoms in total. The van der Waals surface area contributed by atoms with E-state index in [1.54, 1.807) is 18.2 Å². The number of anilines is 3. The second-order valence-electron chi connectivity index (χ2n) is 12.1. The lowest BCUT2D eigenvalue weighted by Crippen LogP contribution is -2.50. The van der Waals surface area contributed by atoms with Crippen LogP contribution in [0.1, 0.15) is 62.5 Å². The van der Waals surface area contributed by atoms with Gasteiger partial charge in [-0.3, -0.25) is 9.88 Å². The van der Waals surface area contributed by atoms with E-state index in [9.17, 15) is 14.0 Å². The summed E-state index contributed by atoms with van der Waals surface area (Å²) in [4.78, 5) is 6.91. The van der Waals surface area contributed by atoms with Crippen LogP contribution in [0, 0.1) is 23.0 Å². The molecule has 0 amide bonds. The van der Waals surface area contributed by atoms with Crippen LogP contribution in [0.3, 0.4) is 0 Å². The van der Waals surface area contributed by atoms with Crippen LogP contribution in [-0.2, 0) is 0 Å². The van der Waals surface area contributed by atoms with E-state index in [4.69, 9.17) is 23.2 Å². The third kappa shape index (κ3) is 6.36. The van der Waals surface area contributed by atoms with Crippen molar-refractivity contribution in [2.75, 3.05) is 23.7 Å². The summed E-state index contributed by atoms with van der Waals surface area (Å²) < 4.78 is 29.8. The largest absolute Gasteiger partial charge is 0.373 e. The zero-order valence-corrected chi connectivity index (χ0v) is 27.0. The molecule has 1 aliphatic heterocycles. The van der Waals surface area contributed by atoms with Crippen molar-refractivity contribution in [3.63, 3.8) is 0 Å². The third-order valence-electron chi connectivity index (χ3n) is 8.65. The first-order valence-electron chi connectivity index (χ1n) is 15.0. The number of nitrogens with one attached hydrogen (secondary N) is 2. The molecule has 1 aliphatic rings. The fraction of sp³-hybridized carbons (Fsp3) is 0.294. The summed E-state index contributed by atoms with van der Waals surface area (Å²) in [5.74, 6) is -0.905. The standard InChI is InChI=1S/C34H32Cl2F2N8/c1-4-45-12-11-25(16-34(45,2)3)46-19-30(43-44-46)32(20-5-7-22(37)8-6-20)42-24-13-26-31(41-23-9-10-29(38)27(35)14-23)21(17-39)18-40-33(26)28(36)15-24/h5-10,13-15,18-19,25,32,42H,4,11-12,16H2,1-3H3,(H,40,41). The molecule has 0 bridgehead atoms. The zero-order chi connectivity index (χ0) is 32.6. The molecular formula is C34H32Cl2F2N8. The Balaban J connectivity index is 1.39. The first-order chi connectivity index (χ1) is 22.1. The molecule has 6 rings (SSSR count). The van der Waals surface area contributed by atoms with Gasteiger partial charge in [0.15, 0.2) is 0 Å². The van der Waals surface area contributed by atoms with Gasteiger partial charge >= 0.3 is 0 Å². The van der Waals surface area contributed by atoms with Crippen LogP contribution in [0.4, 0.5) is 25.8 Å². The van der Waals surface area contributed by atoms with Gasteiger partial charge in [-0.15, -0.1) is 5.10 Å². The average molecular weight is 662 g/mol. The van der Waals surface area contributed by atoms with Gasteiger partial charge in [-0.25, -0.2) is 13.5 Å². The van der Waals surface area contributed by atoms with Crippen LogP contribution in [0.2, 0.25) is 10.0 Å². The molecule has 1 saturated heterocycles. The number of nitriles is 1. The SMILES string of the molecule is CCN1CCC(n2cc(C(Nc3cc(Cl)c4ncc(C#N)c(Nc5ccc(F)c(Cl)c5)c4c3)c3ccc(F)cc3)nn2)CC1(C)C. The Morgan fingerprint density at radius 2 is 1.83 bits per heavy atom. The number of hydrogen-bond donors (Lipinski definition) is 2. The smallest absolute Gasteiger partial charge is 0.141 e. The van der Waals surface area contributed by atoms with E-state index in [2.05, 4.69) is 57.7 Å². The molecule has 0 aliphatic carbocycles. The molecule has 2 aromatic heterocycles. The van der Waals surface area contributed by atoms with Gasteiger partial charge < -0.3 is 10.6 Å². The summed E-state index contributed by atoms with van der Waals surface area (Å²) in [6.45, 7) is 8.66. The number of pyridine rings is 1. The molecule has 0 radical (unpaired) electrons. The van der Waals surface area contributed by atoms with Gasteiger partial charge in [0, 0.05) is 35.0 Å². The number of likely N-dealkylation sites (tertiary alicyclic amines) is 1. The highest BCUT2D eigenvalue weighted by molar-refractivity contribution is 6.36. The lowest BCUT2D eigenvalue weighted by Gasteiger charge is -2.45. The van der Waals surface area contributed by atoms with Gasteiger partial charge in [0.2, 0.25) is 0 Å². The number of halogens is 4. The molecular weight excluding hydrogens is 629 g/mol. The van der Waals surface area contributed by atoms with Crippen molar-refractivity contribution in [3.05, 3.63) is 105 Å². The van der Waals surface area contributed by atoms with Crippen LogP contribution >= 0.6 is 23.2 Å². The molecule has 2 atom stereocenters. The summed E-state index contributed by atoms with van der Waals surface area (Å²) in [5.41, 5.74) is 3.71. The van der Waals surface area contributed by atoms with E-state index in [0.29, 0.717) is 38.7 Å². The molecule has 0 spiro atoms. The minimum absolute atomic E-state index is 0.0293. The van der Waals surface area contributed by atoms with Gasteiger partial charge in [-0.05, 0) is 81.3 Å². The molecule has 3 heterocycles. The maximum absolute atomic E-state index is 14.0. The zero-order valence-electron chi connectivity index (χ0n) is 25.5. The van der Waals surface area contributed by atoms with Crippen molar-refractivity contribution in [3.8, 4) is 6.07 Å². The number of hydrogen-bond acceptors (Lipinski definition) is 7. The Kier molecular flexibility index (Phi) is 8.84. The number of benzene rings is 3. The van der Waals surface area contributed by atoms with E-state index in [-0.39, 0.29) is 28.0 Å². The molecule has 12 heteroatoms. The molecule has 5 aromatic rings. The Morgan fingerprint density at radius 3 is 2.52 bits per heavy atom. The number of piperidine rings is 1. The minimum Gasteiger partial charge on any atom is -0.373 e. The van der Waals surface area contributed by atoms with Crippen molar-refractivity contribution in [2.45, 2.75) is 51.2 Å². The Labute approximate surface area is 275 Å².